The van der Waals surface area contributed by atoms with Crippen molar-refractivity contribution in [3.8, 4) is 0 Å². The van der Waals surface area contributed by atoms with E-state index in [9.17, 15) is 0 Å². The third kappa shape index (κ3) is 4.26. The van der Waals surface area contributed by atoms with Gasteiger partial charge in [0.05, 0.1) is 0 Å². The second-order valence-electron chi connectivity index (χ2n) is 4.25. The van der Waals surface area contributed by atoms with Crippen LogP contribution in [0.15, 0.2) is 22.7 Å². The largest absolute Gasteiger partial charge is 0.389 e. The van der Waals surface area contributed by atoms with Crippen LogP contribution >= 0.6 is 28.1 Å². The first-order valence-electron chi connectivity index (χ1n) is 5.41. The molecule has 17 heavy (non-hydrogen) atoms. The highest BCUT2D eigenvalue weighted by Crippen LogP contribution is 2.21. The van der Waals surface area contributed by atoms with E-state index in [2.05, 4.69) is 47.2 Å². The van der Waals surface area contributed by atoms with Crippen molar-refractivity contribution in [2.24, 2.45) is 5.73 Å². The molecule has 0 aliphatic carbocycles. The van der Waals surface area contributed by atoms with Crippen molar-refractivity contribution >= 4 is 38.8 Å². The maximum Gasteiger partial charge on any atom is 0.105 e. The number of hydrogen-bond acceptors (Lipinski definition) is 3. The molecule has 3 nitrogen and oxygen atoms in total. The van der Waals surface area contributed by atoms with Gasteiger partial charge in [-0.2, -0.15) is 0 Å². The van der Waals surface area contributed by atoms with Crippen LogP contribution in [0.2, 0.25) is 0 Å². The monoisotopic (exact) mass is 315 g/mol. The van der Waals surface area contributed by atoms with Gasteiger partial charge in [-0.3, -0.25) is 0 Å². The zero-order valence-corrected chi connectivity index (χ0v) is 12.7. The molecule has 0 heterocycles. The first-order chi connectivity index (χ1) is 7.91. The number of likely N-dealkylation sites (N-methyl/N-ethyl adjacent to an activating group) is 1. The van der Waals surface area contributed by atoms with Crippen LogP contribution in [0.5, 0.6) is 0 Å². The lowest BCUT2D eigenvalue weighted by Crippen LogP contribution is -2.31. The van der Waals surface area contributed by atoms with E-state index in [1.165, 1.54) is 0 Å². The number of halogens is 1. The molecule has 3 N–H and O–H groups in total. The third-order valence-electron chi connectivity index (χ3n) is 2.72. The van der Waals surface area contributed by atoms with E-state index in [0.717, 1.165) is 22.3 Å². The highest BCUT2D eigenvalue weighted by atomic mass is 79.9. The highest BCUT2D eigenvalue weighted by Gasteiger charge is 2.06. The van der Waals surface area contributed by atoms with E-state index in [0.29, 0.717) is 11.0 Å². The van der Waals surface area contributed by atoms with Gasteiger partial charge < -0.3 is 16.0 Å². The summed E-state index contributed by atoms with van der Waals surface area (Å²) < 4.78 is 0.924. The smallest absolute Gasteiger partial charge is 0.105 e. The van der Waals surface area contributed by atoms with E-state index >= 15 is 0 Å². The second-order valence-corrected chi connectivity index (χ2v) is 5.55. The van der Waals surface area contributed by atoms with Gasteiger partial charge in [-0.15, -0.1) is 0 Å². The minimum atomic E-state index is 0.407. The predicted octanol–water partition coefficient (Wildman–Crippen LogP) is 2.45. The summed E-state index contributed by atoms with van der Waals surface area (Å²) >= 11 is 8.42. The summed E-state index contributed by atoms with van der Waals surface area (Å²) in [7, 11) is 4.14. The molecule has 1 rings (SSSR count). The Morgan fingerprint density at radius 2 is 2.18 bits per heavy atom. The van der Waals surface area contributed by atoms with E-state index in [1.807, 2.05) is 18.2 Å². The average molecular weight is 316 g/mol. The summed E-state index contributed by atoms with van der Waals surface area (Å²) in [5.41, 5.74) is 7.53. The van der Waals surface area contributed by atoms with Gasteiger partial charge in [0.15, 0.2) is 0 Å². The fourth-order valence-corrected chi connectivity index (χ4v) is 2.17. The topological polar surface area (TPSA) is 41.3 Å². The molecule has 0 aliphatic rings. The molecule has 0 amide bonds. The van der Waals surface area contributed by atoms with Crippen molar-refractivity contribution in [1.82, 2.24) is 4.90 Å². The van der Waals surface area contributed by atoms with Crippen molar-refractivity contribution in [2.75, 3.05) is 26.0 Å². The van der Waals surface area contributed by atoms with Crippen molar-refractivity contribution in [3.05, 3.63) is 28.2 Å². The fraction of sp³-hybridized carbons (Fsp3) is 0.417. The molecule has 5 heteroatoms. The predicted molar refractivity (Wildman–Crippen MR) is 81.7 cm³/mol. The van der Waals surface area contributed by atoms with Gasteiger partial charge in [0, 0.05) is 28.3 Å². The lowest BCUT2D eigenvalue weighted by atomic mass is 10.2. The van der Waals surface area contributed by atoms with Crippen LogP contribution in [0.4, 0.5) is 5.69 Å². The lowest BCUT2D eigenvalue weighted by Gasteiger charge is -2.20. The third-order valence-corrected chi connectivity index (χ3v) is 3.59. The Hall–Kier alpha value is -0.650. The number of nitrogens with two attached hydrogens (primary N) is 1. The zero-order chi connectivity index (χ0) is 13.0. The van der Waals surface area contributed by atoms with Crippen molar-refractivity contribution < 1.29 is 0 Å². The highest BCUT2D eigenvalue weighted by molar-refractivity contribution is 9.10. The molecule has 1 atom stereocenters. The number of thiocarbonyl (C=S) groups is 1. The SMILES string of the molecule is CC(CNc1ccc(C(N)=S)c(Br)c1)N(C)C. The first kappa shape index (κ1) is 14.4. The van der Waals surface area contributed by atoms with Crippen LogP contribution in [0.3, 0.4) is 0 Å². The summed E-state index contributed by atoms with van der Waals surface area (Å²) in [6.45, 7) is 3.07. The quantitative estimate of drug-likeness (QED) is 0.819. The molecular weight excluding hydrogens is 298 g/mol. The summed E-state index contributed by atoms with van der Waals surface area (Å²) in [5, 5.41) is 3.38. The molecule has 0 spiro atoms. The molecule has 1 aromatic carbocycles. The number of nitrogens with one attached hydrogen (secondary N) is 1. The van der Waals surface area contributed by atoms with Gasteiger partial charge in [-0.05, 0) is 55.1 Å². The Bertz CT molecular complexity index is 407. The number of benzene rings is 1. The van der Waals surface area contributed by atoms with Gasteiger partial charge in [-0.1, -0.05) is 12.2 Å². The molecular formula is C12H18BrN3S. The molecule has 0 saturated carbocycles. The van der Waals surface area contributed by atoms with Gasteiger partial charge in [0.1, 0.15) is 4.99 Å². The maximum absolute atomic E-state index is 5.60. The normalized spacial score (nSPS) is 12.5. The molecule has 0 radical (unpaired) electrons. The Morgan fingerprint density at radius 1 is 1.53 bits per heavy atom. The van der Waals surface area contributed by atoms with E-state index in [4.69, 9.17) is 18.0 Å². The Balaban J connectivity index is 2.68. The molecule has 1 unspecified atom stereocenters. The minimum absolute atomic E-state index is 0.407. The Labute approximate surface area is 116 Å². The number of nitrogens with zero attached hydrogens (tertiary/aromatic N) is 1. The Morgan fingerprint density at radius 3 is 2.65 bits per heavy atom. The van der Waals surface area contributed by atoms with E-state index in [-0.39, 0.29) is 0 Å². The molecule has 0 aromatic heterocycles. The van der Waals surface area contributed by atoms with E-state index in [1.54, 1.807) is 0 Å². The van der Waals surface area contributed by atoms with Crippen LogP contribution in [0, 0.1) is 0 Å². The van der Waals surface area contributed by atoms with Crippen molar-refractivity contribution in [3.63, 3.8) is 0 Å². The van der Waals surface area contributed by atoms with Gasteiger partial charge >= 0.3 is 0 Å². The fourth-order valence-electron chi connectivity index (χ4n) is 1.27. The molecule has 0 bridgehead atoms. The Kier molecular flexibility index (Phi) is 5.36. The van der Waals surface area contributed by atoms with Gasteiger partial charge in [0.25, 0.3) is 0 Å². The second kappa shape index (κ2) is 6.33. The summed E-state index contributed by atoms with van der Waals surface area (Å²) in [4.78, 5) is 2.58. The maximum atomic E-state index is 5.60. The summed E-state index contributed by atoms with van der Waals surface area (Å²) in [6.07, 6.45) is 0. The van der Waals surface area contributed by atoms with Crippen LogP contribution in [-0.2, 0) is 0 Å². The van der Waals surface area contributed by atoms with Crippen molar-refractivity contribution in [1.29, 1.82) is 0 Å². The van der Waals surface area contributed by atoms with Gasteiger partial charge in [-0.25, -0.2) is 0 Å². The van der Waals surface area contributed by atoms with Crippen LogP contribution in [0.25, 0.3) is 0 Å². The van der Waals surface area contributed by atoms with Crippen LogP contribution < -0.4 is 11.1 Å². The van der Waals surface area contributed by atoms with E-state index < -0.39 is 0 Å². The van der Waals surface area contributed by atoms with Crippen LogP contribution in [-0.4, -0.2) is 36.6 Å². The number of rotatable bonds is 5. The summed E-state index contributed by atoms with van der Waals surface area (Å²) in [5.74, 6) is 0. The lowest BCUT2D eigenvalue weighted by molar-refractivity contribution is 0.326. The molecule has 1 aromatic rings. The molecule has 0 saturated heterocycles. The minimum Gasteiger partial charge on any atom is -0.389 e. The molecule has 0 fully saturated rings. The number of anilines is 1. The average Bonchev–Trinajstić information content (AvgIpc) is 2.25. The van der Waals surface area contributed by atoms with Crippen molar-refractivity contribution in [2.45, 2.75) is 13.0 Å². The summed E-state index contributed by atoms with van der Waals surface area (Å²) in [6, 6.07) is 6.39. The molecule has 94 valence electrons. The zero-order valence-electron chi connectivity index (χ0n) is 10.3. The van der Waals surface area contributed by atoms with Gasteiger partial charge in [0.2, 0.25) is 0 Å². The molecule has 0 aliphatic heterocycles. The number of hydrogen-bond donors (Lipinski definition) is 2. The standard InChI is InChI=1S/C12H18BrN3S/c1-8(16(2)3)7-15-9-4-5-10(12(14)17)11(13)6-9/h4-6,8,15H,7H2,1-3H3,(H2,14,17). The first-order valence-corrected chi connectivity index (χ1v) is 6.61. The van der Waals surface area contributed by atoms with Crippen LogP contribution in [0.1, 0.15) is 12.5 Å².